The molecule has 0 spiro atoms. The Morgan fingerprint density at radius 2 is 1.81 bits per heavy atom. The van der Waals surface area contributed by atoms with E-state index in [1.807, 2.05) is 24.3 Å². The molecule has 0 radical (unpaired) electrons. The lowest BCUT2D eigenvalue weighted by atomic mass is 10.0. The second-order valence-electron chi connectivity index (χ2n) is 4.95. The maximum Gasteiger partial charge on any atom is 0.274 e. The zero-order valence-electron chi connectivity index (χ0n) is 11.8. The van der Waals surface area contributed by atoms with E-state index >= 15 is 0 Å². The van der Waals surface area contributed by atoms with E-state index in [0.717, 1.165) is 0 Å². The molecule has 1 amide bonds. The number of carbonyl (C=O) groups excluding carboxylic acids is 1. The van der Waals surface area contributed by atoms with Gasteiger partial charge in [-0.05, 0) is 35.7 Å². The molecule has 2 rings (SSSR count). The summed E-state index contributed by atoms with van der Waals surface area (Å²) >= 11 is 5.83. The largest absolute Gasteiger partial charge is 0.298 e. The van der Waals surface area contributed by atoms with Crippen LogP contribution in [0.25, 0.3) is 0 Å². The van der Waals surface area contributed by atoms with E-state index in [9.17, 15) is 9.18 Å². The molecule has 110 valence electrons. The highest BCUT2D eigenvalue weighted by atomic mass is 35.5. The molecule has 3 nitrogen and oxygen atoms in total. The van der Waals surface area contributed by atoms with Crippen LogP contribution in [-0.2, 0) is 0 Å². The van der Waals surface area contributed by atoms with Gasteiger partial charge in [0.1, 0.15) is 5.82 Å². The van der Waals surface area contributed by atoms with Gasteiger partial charge >= 0.3 is 0 Å². The predicted octanol–water partition coefficient (Wildman–Crippen LogP) is 4.36. The van der Waals surface area contributed by atoms with Crippen LogP contribution in [0.3, 0.4) is 0 Å². The number of amides is 1. The first-order valence-electron chi connectivity index (χ1n) is 6.59. The smallest absolute Gasteiger partial charge is 0.274 e. The number of halogens is 2. The summed E-state index contributed by atoms with van der Waals surface area (Å²) in [7, 11) is 0. The summed E-state index contributed by atoms with van der Waals surface area (Å²) in [6.07, 6.45) is 0. The van der Waals surface area contributed by atoms with E-state index in [1.165, 1.54) is 23.8 Å². The minimum atomic E-state index is -0.656. The topological polar surface area (TPSA) is 41.1 Å². The van der Waals surface area contributed by atoms with E-state index in [4.69, 9.17) is 11.6 Å². The standard InChI is InChI=1S/C16H16ClFN2O/c1-10(2)11-6-8-12(9-7-11)19-20-16(21)15-13(17)4-3-5-14(15)18/h3-10,19H,1-2H3,(H,20,21). The molecule has 0 aromatic heterocycles. The third kappa shape index (κ3) is 3.73. The maximum absolute atomic E-state index is 13.6. The fraction of sp³-hybridized carbons (Fsp3) is 0.188. The lowest BCUT2D eigenvalue weighted by molar-refractivity contribution is 0.0959. The number of hydrazine groups is 1. The number of nitrogens with one attached hydrogen (secondary N) is 2. The fourth-order valence-electron chi connectivity index (χ4n) is 1.86. The first-order valence-corrected chi connectivity index (χ1v) is 6.97. The number of anilines is 1. The van der Waals surface area contributed by atoms with Crippen LogP contribution in [0.4, 0.5) is 10.1 Å². The van der Waals surface area contributed by atoms with E-state index in [-0.39, 0.29) is 10.6 Å². The van der Waals surface area contributed by atoms with Gasteiger partial charge in [0, 0.05) is 0 Å². The van der Waals surface area contributed by atoms with E-state index in [1.54, 1.807) is 0 Å². The number of carbonyl (C=O) groups is 1. The lowest BCUT2D eigenvalue weighted by Crippen LogP contribution is -2.30. The first-order chi connectivity index (χ1) is 9.99. The van der Waals surface area contributed by atoms with Crippen LogP contribution in [0.2, 0.25) is 5.02 Å². The monoisotopic (exact) mass is 306 g/mol. The van der Waals surface area contributed by atoms with Crippen LogP contribution in [0.5, 0.6) is 0 Å². The van der Waals surface area contributed by atoms with Crippen LogP contribution >= 0.6 is 11.6 Å². The van der Waals surface area contributed by atoms with Crippen molar-refractivity contribution in [2.75, 3.05) is 5.43 Å². The molecule has 2 N–H and O–H groups in total. The Bertz CT molecular complexity index is 621. The minimum Gasteiger partial charge on any atom is -0.298 e. The summed E-state index contributed by atoms with van der Waals surface area (Å²) in [5.74, 6) is -0.839. The van der Waals surface area contributed by atoms with Crippen molar-refractivity contribution in [3.05, 3.63) is 64.4 Å². The lowest BCUT2D eigenvalue weighted by Gasteiger charge is -2.11. The molecule has 5 heteroatoms. The van der Waals surface area contributed by atoms with Crippen molar-refractivity contribution < 1.29 is 9.18 Å². The second kappa shape index (κ2) is 6.59. The molecule has 0 aliphatic heterocycles. The minimum absolute atomic E-state index is 0.0736. The Morgan fingerprint density at radius 1 is 1.14 bits per heavy atom. The maximum atomic E-state index is 13.6. The SMILES string of the molecule is CC(C)c1ccc(NNC(=O)c2c(F)cccc2Cl)cc1. The highest BCUT2D eigenvalue weighted by Gasteiger charge is 2.15. The van der Waals surface area contributed by atoms with Crippen molar-refractivity contribution in [1.82, 2.24) is 5.43 Å². The van der Waals surface area contributed by atoms with Crippen molar-refractivity contribution in [1.29, 1.82) is 0 Å². The van der Waals surface area contributed by atoms with Crippen molar-refractivity contribution in [3.63, 3.8) is 0 Å². The Hall–Kier alpha value is -2.07. The molecule has 21 heavy (non-hydrogen) atoms. The zero-order valence-corrected chi connectivity index (χ0v) is 12.5. The Labute approximate surface area is 128 Å². The van der Waals surface area contributed by atoms with Gasteiger partial charge in [-0.1, -0.05) is 43.6 Å². The molecule has 0 saturated heterocycles. The molecule has 0 fully saturated rings. The van der Waals surface area contributed by atoms with Crippen molar-refractivity contribution in [2.24, 2.45) is 0 Å². The number of hydrogen-bond donors (Lipinski definition) is 2. The Balaban J connectivity index is 2.04. The average molecular weight is 307 g/mol. The first kappa shape index (κ1) is 15.3. The van der Waals surface area contributed by atoms with Gasteiger partial charge in [0.05, 0.1) is 16.3 Å². The summed E-state index contributed by atoms with van der Waals surface area (Å²) in [6.45, 7) is 4.20. The normalized spacial score (nSPS) is 10.5. The van der Waals surface area contributed by atoms with E-state index in [2.05, 4.69) is 24.7 Å². The van der Waals surface area contributed by atoms with Crippen LogP contribution < -0.4 is 10.9 Å². The third-order valence-corrected chi connectivity index (χ3v) is 3.40. The van der Waals surface area contributed by atoms with Gasteiger partial charge in [-0.25, -0.2) is 4.39 Å². The summed E-state index contributed by atoms with van der Waals surface area (Å²) in [6, 6.07) is 11.7. The molecule has 0 aliphatic rings. The number of benzene rings is 2. The molecule has 2 aromatic carbocycles. The Morgan fingerprint density at radius 3 is 2.38 bits per heavy atom. The number of hydrogen-bond acceptors (Lipinski definition) is 2. The van der Waals surface area contributed by atoms with Gasteiger partial charge < -0.3 is 0 Å². The molecule has 0 aliphatic carbocycles. The predicted molar refractivity (Wildman–Crippen MR) is 83.0 cm³/mol. The van der Waals surface area contributed by atoms with Crippen molar-refractivity contribution in [3.8, 4) is 0 Å². The molecule has 0 heterocycles. The van der Waals surface area contributed by atoms with Crippen LogP contribution in [0.1, 0.15) is 35.7 Å². The zero-order chi connectivity index (χ0) is 15.4. The van der Waals surface area contributed by atoms with Crippen molar-refractivity contribution in [2.45, 2.75) is 19.8 Å². The summed E-state index contributed by atoms with van der Waals surface area (Å²) in [4.78, 5) is 11.9. The molecular weight excluding hydrogens is 291 g/mol. The molecule has 0 unspecified atom stereocenters. The van der Waals surface area contributed by atoms with Crippen LogP contribution in [0, 0.1) is 5.82 Å². The fourth-order valence-corrected chi connectivity index (χ4v) is 2.11. The molecular formula is C16H16ClFN2O. The quantitative estimate of drug-likeness (QED) is 0.824. The second-order valence-corrected chi connectivity index (χ2v) is 5.36. The Kier molecular flexibility index (Phi) is 4.81. The highest BCUT2D eigenvalue weighted by Crippen LogP contribution is 2.19. The molecule has 2 aromatic rings. The summed E-state index contributed by atoms with van der Waals surface area (Å²) in [5, 5.41) is 0.0736. The average Bonchev–Trinajstić information content (AvgIpc) is 2.45. The molecule has 0 saturated carbocycles. The molecule has 0 atom stereocenters. The summed E-state index contributed by atoms with van der Waals surface area (Å²) < 4.78 is 13.6. The van der Waals surface area contributed by atoms with Gasteiger partial charge in [-0.15, -0.1) is 0 Å². The van der Waals surface area contributed by atoms with E-state index < -0.39 is 11.7 Å². The van der Waals surface area contributed by atoms with E-state index in [0.29, 0.717) is 11.6 Å². The van der Waals surface area contributed by atoms with Gasteiger partial charge in [0.15, 0.2) is 0 Å². The van der Waals surface area contributed by atoms with Crippen molar-refractivity contribution >= 4 is 23.2 Å². The molecule has 0 bridgehead atoms. The van der Waals surface area contributed by atoms with Gasteiger partial charge in [-0.2, -0.15) is 0 Å². The van der Waals surface area contributed by atoms with Gasteiger partial charge in [0.25, 0.3) is 5.91 Å². The third-order valence-electron chi connectivity index (χ3n) is 3.09. The van der Waals surface area contributed by atoms with Crippen LogP contribution in [0.15, 0.2) is 42.5 Å². The highest BCUT2D eigenvalue weighted by molar-refractivity contribution is 6.33. The van der Waals surface area contributed by atoms with Crippen LogP contribution in [-0.4, -0.2) is 5.91 Å². The van der Waals surface area contributed by atoms with Gasteiger partial charge in [-0.3, -0.25) is 15.6 Å². The summed E-state index contributed by atoms with van der Waals surface area (Å²) in [5.41, 5.74) is 6.90. The van der Waals surface area contributed by atoms with Gasteiger partial charge in [0.2, 0.25) is 0 Å². The number of rotatable bonds is 4.